The second-order valence-corrected chi connectivity index (χ2v) is 4.68. The van der Waals surface area contributed by atoms with Gasteiger partial charge in [0, 0.05) is 0 Å². The van der Waals surface area contributed by atoms with Crippen LogP contribution in [0.4, 0.5) is 0 Å². The van der Waals surface area contributed by atoms with Crippen molar-refractivity contribution < 1.29 is 9.53 Å². The molecule has 3 heteroatoms. The van der Waals surface area contributed by atoms with Gasteiger partial charge in [-0.2, -0.15) is 0 Å². The van der Waals surface area contributed by atoms with Crippen LogP contribution in [-0.4, -0.2) is 18.1 Å². The highest BCUT2D eigenvalue weighted by Gasteiger charge is 2.19. The molecule has 0 spiro atoms. The van der Waals surface area contributed by atoms with Gasteiger partial charge in [0.15, 0.2) is 0 Å². The molecule has 0 aliphatic carbocycles. The highest BCUT2D eigenvalue weighted by molar-refractivity contribution is 5.76. The van der Waals surface area contributed by atoms with Crippen LogP contribution in [0.15, 0.2) is 30.3 Å². The summed E-state index contributed by atoms with van der Waals surface area (Å²) < 4.78 is 5.28. The molecule has 0 amide bonds. The molecule has 1 aromatic carbocycles. The molecule has 0 bridgehead atoms. The normalized spacial score (nSPS) is 14.4. The van der Waals surface area contributed by atoms with Crippen molar-refractivity contribution in [2.75, 3.05) is 0 Å². The molecule has 1 aromatic rings. The highest BCUT2D eigenvalue weighted by Crippen LogP contribution is 2.08. The fraction of sp³-hybridized carbons (Fsp3) is 0.500. The average molecular weight is 235 g/mol. The molecule has 3 nitrogen and oxygen atoms in total. The summed E-state index contributed by atoms with van der Waals surface area (Å²) in [4.78, 5) is 11.7. The molecule has 17 heavy (non-hydrogen) atoms. The zero-order chi connectivity index (χ0) is 12.8. The van der Waals surface area contributed by atoms with Gasteiger partial charge in [0.05, 0.1) is 0 Å². The second kappa shape index (κ2) is 6.40. The van der Waals surface area contributed by atoms with Gasteiger partial charge in [0.25, 0.3) is 0 Å². The molecule has 0 heterocycles. The van der Waals surface area contributed by atoms with E-state index in [0.717, 1.165) is 5.56 Å². The van der Waals surface area contributed by atoms with Crippen molar-refractivity contribution in [1.29, 1.82) is 0 Å². The number of benzene rings is 1. The predicted molar refractivity (Wildman–Crippen MR) is 68.5 cm³/mol. The fourth-order valence-electron chi connectivity index (χ4n) is 1.36. The molecule has 0 fully saturated rings. The topological polar surface area (TPSA) is 52.3 Å². The van der Waals surface area contributed by atoms with Gasteiger partial charge in [-0.25, -0.2) is 0 Å². The van der Waals surface area contributed by atoms with E-state index in [1.54, 1.807) is 0 Å². The van der Waals surface area contributed by atoms with Crippen molar-refractivity contribution in [2.24, 2.45) is 11.7 Å². The van der Waals surface area contributed by atoms with Gasteiger partial charge < -0.3 is 10.5 Å². The highest BCUT2D eigenvalue weighted by atomic mass is 16.5. The lowest BCUT2D eigenvalue weighted by atomic mass is 10.1. The van der Waals surface area contributed by atoms with Crippen LogP contribution in [0.3, 0.4) is 0 Å². The SMILES string of the molecule is CC(C)C(C)OC(=O)[C@@H](N)Cc1ccccc1. The molecule has 1 rings (SSSR count). The lowest BCUT2D eigenvalue weighted by molar-refractivity contribution is -0.151. The number of esters is 1. The Balaban J connectivity index is 2.48. The first-order chi connectivity index (χ1) is 8.00. The van der Waals surface area contributed by atoms with E-state index in [0.29, 0.717) is 12.3 Å². The molecule has 0 aliphatic heterocycles. The van der Waals surface area contributed by atoms with Crippen molar-refractivity contribution in [3.05, 3.63) is 35.9 Å². The molecule has 1 unspecified atom stereocenters. The van der Waals surface area contributed by atoms with Crippen molar-refractivity contribution in [1.82, 2.24) is 0 Å². The minimum Gasteiger partial charge on any atom is -0.461 e. The Morgan fingerprint density at radius 3 is 2.35 bits per heavy atom. The molecule has 2 atom stereocenters. The van der Waals surface area contributed by atoms with Crippen molar-refractivity contribution >= 4 is 5.97 Å². The van der Waals surface area contributed by atoms with E-state index in [-0.39, 0.29) is 12.1 Å². The van der Waals surface area contributed by atoms with Crippen molar-refractivity contribution in [3.63, 3.8) is 0 Å². The number of rotatable bonds is 5. The number of carbonyl (C=O) groups is 1. The Hall–Kier alpha value is -1.35. The van der Waals surface area contributed by atoms with E-state index in [9.17, 15) is 4.79 Å². The molecule has 0 saturated heterocycles. The standard InChI is InChI=1S/C14H21NO2/c1-10(2)11(3)17-14(16)13(15)9-12-7-5-4-6-8-12/h4-8,10-11,13H,9,15H2,1-3H3/t11?,13-/m0/s1. The van der Waals surface area contributed by atoms with Gasteiger partial charge >= 0.3 is 5.97 Å². The summed E-state index contributed by atoms with van der Waals surface area (Å²) in [5.74, 6) is -0.0158. The third kappa shape index (κ3) is 4.57. The van der Waals surface area contributed by atoms with Crippen LogP contribution in [0.1, 0.15) is 26.3 Å². The minimum atomic E-state index is -0.585. The van der Waals surface area contributed by atoms with Gasteiger partial charge in [-0.05, 0) is 24.8 Å². The Bertz CT molecular complexity index is 348. The van der Waals surface area contributed by atoms with Crippen LogP contribution < -0.4 is 5.73 Å². The number of hydrogen-bond acceptors (Lipinski definition) is 3. The largest absolute Gasteiger partial charge is 0.461 e. The van der Waals surface area contributed by atoms with E-state index in [1.165, 1.54) is 0 Å². The van der Waals surface area contributed by atoms with Crippen LogP contribution in [0.25, 0.3) is 0 Å². The van der Waals surface area contributed by atoms with Crippen LogP contribution in [-0.2, 0) is 16.0 Å². The Kier molecular flexibility index (Phi) is 5.16. The van der Waals surface area contributed by atoms with Crippen LogP contribution in [0.5, 0.6) is 0 Å². The first-order valence-corrected chi connectivity index (χ1v) is 6.00. The van der Waals surface area contributed by atoms with Crippen LogP contribution in [0, 0.1) is 5.92 Å². The zero-order valence-corrected chi connectivity index (χ0v) is 10.7. The Morgan fingerprint density at radius 1 is 1.24 bits per heavy atom. The van der Waals surface area contributed by atoms with Gasteiger partial charge in [0.1, 0.15) is 12.1 Å². The summed E-state index contributed by atoms with van der Waals surface area (Å²) in [5.41, 5.74) is 6.87. The number of hydrogen-bond donors (Lipinski definition) is 1. The third-order valence-corrected chi connectivity index (χ3v) is 2.84. The number of carbonyl (C=O) groups excluding carboxylic acids is 1. The molecule has 0 aliphatic rings. The molecule has 0 aromatic heterocycles. The summed E-state index contributed by atoms with van der Waals surface area (Å²) in [6.45, 7) is 5.92. The summed E-state index contributed by atoms with van der Waals surface area (Å²) in [6.07, 6.45) is 0.425. The van der Waals surface area contributed by atoms with Crippen molar-refractivity contribution in [3.8, 4) is 0 Å². The fourth-order valence-corrected chi connectivity index (χ4v) is 1.36. The van der Waals surface area contributed by atoms with Crippen LogP contribution in [0.2, 0.25) is 0 Å². The second-order valence-electron chi connectivity index (χ2n) is 4.68. The lowest BCUT2D eigenvalue weighted by Gasteiger charge is -2.19. The molecular weight excluding hydrogens is 214 g/mol. The quantitative estimate of drug-likeness (QED) is 0.795. The van der Waals surface area contributed by atoms with E-state index >= 15 is 0 Å². The Morgan fingerprint density at radius 2 is 1.82 bits per heavy atom. The molecule has 94 valence electrons. The molecule has 0 radical (unpaired) electrons. The minimum absolute atomic E-state index is 0.0932. The summed E-state index contributed by atoms with van der Waals surface area (Å²) >= 11 is 0. The van der Waals surface area contributed by atoms with E-state index < -0.39 is 6.04 Å². The van der Waals surface area contributed by atoms with Crippen LogP contribution >= 0.6 is 0 Å². The maximum Gasteiger partial charge on any atom is 0.323 e. The molecular formula is C14H21NO2. The van der Waals surface area contributed by atoms with Crippen molar-refractivity contribution in [2.45, 2.75) is 39.3 Å². The van der Waals surface area contributed by atoms with E-state index in [4.69, 9.17) is 10.5 Å². The zero-order valence-electron chi connectivity index (χ0n) is 10.7. The number of ether oxygens (including phenoxy) is 1. The van der Waals surface area contributed by atoms with Gasteiger partial charge in [-0.3, -0.25) is 4.79 Å². The number of nitrogens with two attached hydrogens (primary N) is 1. The lowest BCUT2D eigenvalue weighted by Crippen LogP contribution is -2.37. The molecule has 2 N–H and O–H groups in total. The monoisotopic (exact) mass is 235 g/mol. The van der Waals surface area contributed by atoms with E-state index in [2.05, 4.69) is 0 Å². The van der Waals surface area contributed by atoms with Gasteiger partial charge in [-0.15, -0.1) is 0 Å². The van der Waals surface area contributed by atoms with Gasteiger partial charge in [0.2, 0.25) is 0 Å². The van der Waals surface area contributed by atoms with Gasteiger partial charge in [-0.1, -0.05) is 44.2 Å². The smallest absolute Gasteiger partial charge is 0.323 e. The molecule has 0 saturated carbocycles. The third-order valence-electron chi connectivity index (χ3n) is 2.84. The summed E-state index contributed by atoms with van der Waals surface area (Å²) in [5, 5.41) is 0. The average Bonchev–Trinajstić information content (AvgIpc) is 2.29. The Labute approximate surface area is 103 Å². The van der Waals surface area contributed by atoms with E-state index in [1.807, 2.05) is 51.1 Å². The summed E-state index contributed by atoms with van der Waals surface area (Å²) in [7, 11) is 0. The first kappa shape index (κ1) is 13.7. The first-order valence-electron chi connectivity index (χ1n) is 6.00. The predicted octanol–water partition coefficient (Wildman–Crippen LogP) is 2.14. The maximum atomic E-state index is 11.7. The maximum absolute atomic E-state index is 11.7. The summed E-state index contributed by atoms with van der Waals surface area (Å²) in [6, 6.07) is 9.14.